The van der Waals surface area contributed by atoms with Gasteiger partial charge in [0.1, 0.15) is 0 Å². The van der Waals surface area contributed by atoms with E-state index < -0.39 is 0 Å². The first-order valence-electron chi connectivity index (χ1n) is 7.04. The summed E-state index contributed by atoms with van der Waals surface area (Å²) in [5, 5.41) is 8.95. The van der Waals surface area contributed by atoms with E-state index in [1.165, 1.54) is 5.56 Å². The number of hydrogen-bond donors (Lipinski definition) is 1. The molecule has 0 aromatic heterocycles. The minimum Gasteiger partial charge on any atom is -0.381 e. The molecule has 1 aliphatic rings. The van der Waals surface area contributed by atoms with E-state index in [1.807, 2.05) is 18.2 Å². The quantitative estimate of drug-likeness (QED) is 0.847. The Hall–Kier alpha value is -1.02. The topological polar surface area (TPSA) is 36.3 Å². The number of hydrogen-bond acceptors (Lipinski definition) is 4. The second-order valence-electron chi connectivity index (χ2n) is 5.75. The number of nitrogens with zero attached hydrogens (tertiary/aromatic N) is 2. The van der Waals surface area contributed by atoms with Crippen molar-refractivity contribution in [3.63, 3.8) is 0 Å². The van der Waals surface area contributed by atoms with Crippen LogP contribution in [0.4, 0.5) is 0 Å². The molecule has 108 valence electrons. The normalized spacial score (nSPS) is 17.9. The maximum absolute atomic E-state index is 8.95. The van der Waals surface area contributed by atoms with Gasteiger partial charge in [-0.3, -0.25) is 0 Å². The zero-order valence-corrected chi connectivity index (χ0v) is 12.9. The molecule has 3 nitrogen and oxygen atoms in total. The molecule has 0 bridgehead atoms. The van der Waals surface area contributed by atoms with Gasteiger partial charge in [-0.2, -0.15) is 17.9 Å². The van der Waals surface area contributed by atoms with Crippen LogP contribution in [0.15, 0.2) is 24.3 Å². The molecule has 1 aliphatic heterocycles. The molecule has 1 saturated heterocycles. The Morgan fingerprint density at radius 2 is 2.15 bits per heavy atom. The lowest BCUT2D eigenvalue weighted by Gasteiger charge is -2.39. The van der Waals surface area contributed by atoms with E-state index in [1.54, 1.807) is 0 Å². The third-order valence-corrected chi connectivity index (χ3v) is 4.67. The Balaban J connectivity index is 1.97. The van der Waals surface area contributed by atoms with Gasteiger partial charge in [0.05, 0.1) is 11.6 Å². The highest BCUT2D eigenvalue weighted by Gasteiger charge is 2.32. The minimum absolute atomic E-state index is 0.267. The molecule has 1 aromatic rings. The lowest BCUT2D eigenvalue weighted by Crippen LogP contribution is -2.41. The predicted octanol–water partition coefficient (Wildman–Crippen LogP) is 2.72. The van der Waals surface area contributed by atoms with E-state index in [0.717, 1.165) is 50.5 Å². The molecule has 0 unspecified atom stereocenters. The molecule has 2 rings (SSSR count). The fourth-order valence-electron chi connectivity index (χ4n) is 2.85. The molecule has 0 spiro atoms. The Kier molecular flexibility index (Phi) is 5.47. The Morgan fingerprint density at radius 3 is 2.80 bits per heavy atom. The van der Waals surface area contributed by atoms with Crippen molar-refractivity contribution in [2.75, 3.05) is 32.6 Å². The maximum atomic E-state index is 8.95. The first-order valence-corrected chi connectivity index (χ1v) is 7.67. The fraction of sp³-hybridized carbons (Fsp3) is 0.562. The average molecular weight is 290 g/mol. The average Bonchev–Trinajstić information content (AvgIpc) is 2.48. The SMILES string of the molecule is CN(Cc1cccc(C#N)c1)CC1(CS)CCOCC1. The van der Waals surface area contributed by atoms with Crippen LogP contribution < -0.4 is 0 Å². The van der Waals surface area contributed by atoms with Crippen LogP contribution in [0.1, 0.15) is 24.0 Å². The van der Waals surface area contributed by atoms with Gasteiger partial charge in [0, 0.05) is 26.3 Å². The van der Waals surface area contributed by atoms with E-state index in [9.17, 15) is 0 Å². The molecular formula is C16H22N2OS. The summed E-state index contributed by atoms with van der Waals surface area (Å²) < 4.78 is 5.47. The van der Waals surface area contributed by atoms with Crippen LogP contribution in [-0.2, 0) is 11.3 Å². The molecule has 0 N–H and O–H groups in total. The third-order valence-electron chi connectivity index (χ3n) is 4.00. The van der Waals surface area contributed by atoms with Gasteiger partial charge < -0.3 is 9.64 Å². The highest BCUT2D eigenvalue weighted by Crippen LogP contribution is 2.32. The van der Waals surface area contributed by atoms with E-state index in [0.29, 0.717) is 0 Å². The molecule has 1 fully saturated rings. The summed E-state index contributed by atoms with van der Waals surface area (Å²) in [6.07, 6.45) is 2.16. The molecule has 0 atom stereocenters. The second kappa shape index (κ2) is 7.12. The monoisotopic (exact) mass is 290 g/mol. The van der Waals surface area contributed by atoms with Gasteiger partial charge in [-0.1, -0.05) is 12.1 Å². The molecule has 0 saturated carbocycles. The van der Waals surface area contributed by atoms with Crippen LogP contribution in [0.25, 0.3) is 0 Å². The van der Waals surface area contributed by atoms with Crippen molar-refractivity contribution in [3.05, 3.63) is 35.4 Å². The van der Waals surface area contributed by atoms with Crippen molar-refractivity contribution in [1.82, 2.24) is 4.90 Å². The maximum Gasteiger partial charge on any atom is 0.0991 e. The van der Waals surface area contributed by atoms with Crippen molar-refractivity contribution in [3.8, 4) is 6.07 Å². The number of benzene rings is 1. The first kappa shape index (κ1) is 15.4. The van der Waals surface area contributed by atoms with Gasteiger partial charge in [0.25, 0.3) is 0 Å². The Labute approximate surface area is 126 Å². The summed E-state index contributed by atoms with van der Waals surface area (Å²) in [5.74, 6) is 0.902. The van der Waals surface area contributed by atoms with Crippen LogP contribution in [-0.4, -0.2) is 37.5 Å². The van der Waals surface area contributed by atoms with Crippen molar-refractivity contribution in [2.24, 2.45) is 5.41 Å². The van der Waals surface area contributed by atoms with E-state index >= 15 is 0 Å². The molecule has 1 heterocycles. The van der Waals surface area contributed by atoms with Crippen LogP contribution in [0, 0.1) is 16.7 Å². The van der Waals surface area contributed by atoms with Gasteiger partial charge in [0.2, 0.25) is 0 Å². The highest BCUT2D eigenvalue weighted by atomic mass is 32.1. The largest absolute Gasteiger partial charge is 0.381 e. The van der Waals surface area contributed by atoms with Crippen LogP contribution in [0.2, 0.25) is 0 Å². The van der Waals surface area contributed by atoms with Gasteiger partial charge >= 0.3 is 0 Å². The molecular weight excluding hydrogens is 268 g/mol. The third kappa shape index (κ3) is 3.99. The summed E-state index contributed by atoms with van der Waals surface area (Å²) >= 11 is 4.56. The summed E-state index contributed by atoms with van der Waals surface area (Å²) in [6.45, 7) is 3.58. The number of ether oxygens (including phenoxy) is 1. The standard InChI is InChI=1S/C16H22N2OS/c1-18(11-15-4-2-3-14(9-15)10-17)12-16(13-20)5-7-19-8-6-16/h2-4,9,20H,5-8,11-13H2,1H3. The molecule has 0 radical (unpaired) electrons. The van der Waals surface area contributed by atoms with Crippen LogP contribution in [0.3, 0.4) is 0 Å². The number of nitriles is 1. The summed E-state index contributed by atoms with van der Waals surface area (Å²) in [5.41, 5.74) is 2.18. The van der Waals surface area contributed by atoms with Crippen LogP contribution in [0.5, 0.6) is 0 Å². The lowest BCUT2D eigenvalue weighted by molar-refractivity contribution is 0.0105. The van der Waals surface area contributed by atoms with Crippen LogP contribution >= 0.6 is 12.6 Å². The lowest BCUT2D eigenvalue weighted by atomic mass is 9.81. The van der Waals surface area contributed by atoms with Crippen molar-refractivity contribution in [1.29, 1.82) is 5.26 Å². The molecule has 0 aliphatic carbocycles. The summed E-state index contributed by atoms with van der Waals surface area (Å²) in [4.78, 5) is 2.33. The number of rotatable bonds is 5. The van der Waals surface area contributed by atoms with Gasteiger partial charge in [0.15, 0.2) is 0 Å². The first-order chi connectivity index (χ1) is 9.67. The fourth-order valence-corrected chi connectivity index (χ4v) is 3.27. The zero-order valence-electron chi connectivity index (χ0n) is 12.0. The zero-order chi connectivity index (χ0) is 14.4. The van der Waals surface area contributed by atoms with Gasteiger partial charge in [-0.25, -0.2) is 0 Å². The molecule has 0 amide bonds. The molecule has 1 aromatic carbocycles. The smallest absolute Gasteiger partial charge is 0.0991 e. The second-order valence-corrected chi connectivity index (χ2v) is 6.07. The van der Waals surface area contributed by atoms with Gasteiger partial charge in [-0.15, -0.1) is 0 Å². The molecule has 20 heavy (non-hydrogen) atoms. The van der Waals surface area contributed by atoms with Gasteiger partial charge in [-0.05, 0) is 48.8 Å². The molecule has 4 heteroatoms. The van der Waals surface area contributed by atoms with E-state index in [2.05, 4.69) is 36.7 Å². The Bertz CT molecular complexity index is 478. The highest BCUT2D eigenvalue weighted by molar-refractivity contribution is 7.80. The summed E-state index contributed by atoms with van der Waals surface area (Å²) in [7, 11) is 2.14. The van der Waals surface area contributed by atoms with Crippen molar-refractivity contribution in [2.45, 2.75) is 19.4 Å². The van der Waals surface area contributed by atoms with E-state index in [4.69, 9.17) is 10.00 Å². The summed E-state index contributed by atoms with van der Waals surface area (Å²) in [6, 6.07) is 10.0. The minimum atomic E-state index is 0.267. The van der Waals surface area contributed by atoms with Crippen molar-refractivity contribution < 1.29 is 4.74 Å². The van der Waals surface area contributed by atoms with E-state index in [-0.39, 0.29) is 5.41 Å². The number of thiol groups is 1. The van der Waals surface area contributed by atoms with Crippen molar-refractivity contribution >= 4 is 12.6 Å². The Morgan fingerprint density at radius 1 is 1.40 bits per heavy atom. The predicted molar refractivity (Wildman–Crippen MR) is 83.8 cm³/mol.